The van der Waals surface area contributed by atoms with Crippen molar-refractivity contribution in [2.45, 2.75) is 44.9 Å². The molecule has 0 heterocycles. The van der Waals surface area contributed by atoms with Crippen molar-refractivity contribution in [3.63, 3.8) is 0 Å². The lowest BCUT2D eigenvalue weighted by Gasteiger charge is -2.11. The lowest BCUT2D eigenvalue weighted by molar-refractivity contribution is 0.414. The maximum atomic E-state index is 5.18. The highest BCUT2D eigenvalue weighted by atomic mass is 16.5. The molecule has 1 nitrogen and oxygen atoms in total. The molecule has 0 aromatic heterocycles. The summed E-state index contributed by atoms with van der Waals surface area (Å²) in [6.07, 6.45) is 11.7. The summed E-state index contributed by atoms with van der Waals surface area (Å²) in [6, 6.07) is 8.47. The quantitative estimate of drug-likeness (QED) is 0.694. The van der Waals surface area contributed by atoms with Crippen LogP contribution in [-0.4, -0.2) is 7.11 Å². The van der Waals surface area contributed by atoms with Crippen LogP contribution in [0, 0.1) is 0 Å². The highest BCUT2D eigenvalue weighted by Crippen LogP contribution is 2.21. The lowest BCUT2D eigenvalue weighted by Crippen LogP contribution is -1.95. The van der Waals surface area contributed by atoms with Crippen LogP contribution in [0.25, 0.3) is 0 Å². The van der Waals surface area contributed by atoms with Crippen molar-refractivity contribution in [3.8, 4) is 5.75 Å². The van der Waals surface area contributed by atoms with Crippen LogP contribution in [0.5, 0.6) is 5.75 Å². The Bertz CT molecular complexity index is 362. The summed E-state index contributed by atoms with van der Waals surface area (Å²) in [5.41, 5.74) is 3.02. The molecule has 1 aromatic rings. The third-order valence-corrected chi connectivity index (χ3v) is 3.48. The summed E-state index contributed by atoms with van der Waals surface area (Å²) in [5, 5.41) is 0. The standard InChI is InChI=1S/C16H22O/c1-17-16-11-9-15(10-12-16)13-14-7-5-3-2-4-6-8-14/h7,9-12H,2-6,8,13H2,1H3/b14-7-. The molecule has 0 aliphatic heterocycles. The molecule has 1 aliphatic carbocycles. The second kappa shape index (κ2) is 6.48. The van der Waals surface area contributed by atoms with E-state index in [1.54, 1.807) is 12.7 Å². The molecule has 0 spiro atoms. The van der Waals surface area contributed by atoms with Crippen molar-refractivity contribution < 1.29 is 4.74 Å². The average molecular weight is 230 g/mol. The highest BCUT2D eigenvalue weighted by molar-refractivity contribution is 5.30. The fourth-order valence-electron chi connectivity index (χ4n) is 2.42. The van der Waals surface area contributed by atoms with Gasteiger partial charge in [-0.2, -0.15) is 0 Å². The SMILES string of the molecule is COc1ccc(C/C2=C\CCCCCC2)cc1. The maximum Gasteiger partial charge on any atom is 0.118 e. The van der Waals surface area contributed by atoms with Crippen LogP contribution < -0.4 is 4.74 Å². The molecule has 0 amide bonds. The van der Waals surface area contributed by atoms with Gasteiger partial charge < -0.3 is 4.74 Å². The molecule has 0 unspecified atom stereocenters. The first-order chi connectivity index (χ1) is 8.38. The summed E-state index contributed by atoms with van der Waals surface area (Å²) in [7, 11) is 1.71. The van der Waals surface area contributed by atoms with Gasteiger partial charge >= 0.3 is 0 Å². The van der Waals surface area contributed by atoms with Gasteiger partial charge in [0, 0.05) is 0 Å². The van der Waals surface area contributed by atoms with Gasteiger partial charge in [-0.05, 0) is 49.8 Å². The van der Waals surface area contributed by atoms with E-state index in [1.807, 2.05) is 0 Å². The Morgan fingerprint density at radius 3 is 2.53 bits per heavy atom. The largest absolute Gasteiger partial charge is 0.497 e. The number of rotatable bonds is 3. The molecular weight excluding hydrogens is 208 g/mol. The Labute approximate surface area is 104 Å². The van der Waals surface area contributed by atoms with Crippen molar-refractivity contribution in [1.29, 1.82) is 0 Å². The zero-order valence-electron chi connectivity index (χ0n) is 10.7. The molecule has 17 heavy (non-hydrogen) atoms. The first-order valence-electron chi connectivity index (χ1n) is 6.69. The summed E-state index contributed by atoms with van der Waals surface area (Å²) in [6.45, 7) is 0. The third kappa shape index (κ3) is 3.92. The average Bonchev–Trinajstić information content (AvgIpc) is 2.33. The van der Waals surface area contributed by atoms with Crippen LogP contribution in [0.4, 0.5) is 0 Å². The van der Waals surface area contributed by atoms with E-state index in [2.05, 4.69) is 30.3 Å². The van der Waals surface area contributed by atoms with E-state index >= 15 is 0 Å². The van der Waals surface area contributed by atoms with Crippen molar-refractivity contribution in [3.05, 3.63) is 41.5 Å². The van der Waals surface area contributed by atoms with Gasteiger partial charge in [0.1, 0.15) is 5.75 Å². The van der Waals surface area contributed by atoms with E-state index in [4.69, 9.17) is 4.74 Å². The topological polar surface area (TPSA) is 9.23 Å². The van der Waals surface area contributed by atoms with Gasteiger partial charge in [-0.3, -0.25) is 0 Å². The molecule has 0 fully saturated rings. The fourth-order valence-corrected chi connectivity index (χ4v) is 2.42. The maximum absolute atomic E-state index is 5.18. The minimum absolute atomic E-state index is 0.945. The predicted octanol–water partition coefficient (Wildman–Crippen LogP) is 4.52. The number of benzene rings is 1. The zero-order chi connectivity index (χ0) is 11.9. The van der Waals surface area contributed by atoms with Crippen molar-refractivity contribution in [2.24, 2.45) is 0 Å². The molecule has 0 saturated carbocycles. The third-order valence-electron chi connectivity index (χ3n) is 3.48. The van der Waals surface area contributed by atoms with Crippen LogP contribution in [0.3, 0.4) is 0 Å². The Balaban J connectivity index is 1.98. The van der Waals surface area contributed by atoms with Crippen LogP contribution in [0.15, 0.2) is 35.9 Å². The van der Waals surface area contributed by atoms with Crippen molar-refractivity contribution >= 4 is 0 Å². The van der Waals surface area contributed by atoms with E-state index < -0.39 is 0 Å². The van der Waals surface area contributed by atoms with Gasteiger partial charge in [-0.25, -0.2) is 0 Å². The molecule has 0 atom stereocenters. The van der Waals surface area contributed by atoms with Crippen LogP contribution in [0.1, 0.15) is 44.1 Å². The van der Waals surface area contributed by atoms with Gasteiger partial charge in [-0.1, -0.05) is 36.6 Å². The summed E-state index contributed by atoms with van der Waals surface area (Å²) in [4.78, 5) is 0. The number of hydrogen-bond donors (Lipinski definition) is 0. The normalized spacial score (nSPS) is 19.9. The predicted molar refractivity (Wildman–Crippen MR) is 72.5 cm³/mol. The Morgan fingerprint density at radius 2 is 1.76 bits per heavy atom. The zero-order valence-corrected chi connectivity index (χ0v) is 10.7. The summed E-state index contributed by atoms with van der Waals surface area (Å²) < 4.78 is 5.18. The molecule has 0 saturated heterocycles. The molecule has 92 valence electrons. The molecule has 0 N–H and O–H groups in total. The van der Waals surface area contributed by atoms with E-state index in [0.717, 1.165) is 12.2 Å². The highest BCUT2D eigenvalue weighted by Gasteiger charge is 2.03. The van der Waals surface area contributed by atoms with Crippen molar-refractivity contribution in [2.75, 3.05) is 7.11 Å². The minimum atomic E-state index is 0.945. The van der Waals surface area contributed by atoms with E-state index in [1.165, 1.54) is 44.1 Å². The van der Waals surface area contributed by atoms with E-state index in [0.29, 0.717) is 0 Å². The first-order valence-corrected chi connectivity index (χ1v) is 6.69. The molecule has 0 radical (unpaired) electrons. The Kier molecular flexibility index (Phi) is 4.66. The molecule has 0 bridgehead atoms. The smallest absolute Gasteiger partial charge is 0.118 e. The van der Waals surface area contributed by atoms with Gasteiger partial charge in [-0.15, -0.1) is 0 Å². The van der Waals surface area contributed by atoms with Crippen LogP contribution >= 0.6 is 0 Å². The first kappa shape index (κ1) is 12.2. The van der Waals surface area contributed by atoms with Gasteiger partial charge in [0.2, 0.25) is 0 Å². The number of methoxy groups -OCH3 is 1. The molecule has 2 rings (SSSR count). The Hall–Kier alpha value is -1.24. The summed E-state index contributed by atoms with van der Waals surface area (Å²) >= 11 is 0. The number of allylic oxidation sites excluding steroid dienone is 2. The molecular formula is C16H22O. The minimum Gasteiger partial charge on any atom is -0.497 e. The number of hydrogen-bond acceptors (Lipinski definition) is 1. The van der Waals surface area contributed by atoms with Crippen LogP contribution in [0.2, 0.25) is 0 Å². The van der Waals surface area contributed by atoms with Gasteiger partial charge in [0.05, 0.1) is 7.11 Å². The van der Waals surface area contributed by atoms with Crippen molar-refractivity contribution in [1.82, 2.24) is 0 Å². The van der Waals surface area contributed by atoms with Gasteiger partial charge in [0.15, 0.2) is 0 Å². The Morgan fingerprint density at radius 1 is 1.00 bits per heavy atom. The summed E-state index contributed by atoms with van der Waals surface area (Å²) in [5.74, 6) is 0.945. The van der Waals surface area contributed by atoms with Gasteiger partial charge in [0.25, 0.3) is 0 Å². The molecule has 1 aliphatic rings. The lowest BCUT2D eigenvalue weighted by atomic mass is 9.95. The second-order valence-electron chi connectivity index (χ2n) is 4.84. The molecule has 1 aromatic carbocycles. The fraction of sp³-hybridized carbons (Fsp3) is 0.500. The number of ether oxygens (including phenoxy) is 1. The molecule has 1 heteroatoms. The second-order valence-corrected chi connectivity index (χ2v) is 4.84. The van der Waals surface area contributed by atoms with Crippen LogP contribution in [-0.2, 0) is 6.42 Å². The van der Waals surface area contributed by atoms with E-state index in [9.17, 15) is 0 Å². The van der Waals surface area contributed by atoms with E-state index in [-0.39, 0.29) is 0 Å². The monoisotopic (exact) mass is 230 g/mol.